The minimum Gasteiger partial charge on any atom is -0.352 e. The average molecular weight is 351 g/mol. The van der Waals surface area contributed by atoms with Crippen LogP contribution in [0.5, 0.6) is 0 Å². The summed E-state index contributed by atoms with van der Waals surface area (Å²) in [5.74, 6) is -0.0648. The summed E-state index contributed by atoms with van der Waals surface area (Å²) in [5, 5.41) is 6.66. The maximum absolute atomic E-state index is 12.8. The van der Waals surface area contributed by atoms with Crippen LogP contribution >= 0.6 is 11.6 Å². The van der Waals surface area contributed by atoms with Gasteiger partial charge in [0.1, 0.15) is 0 Å². The Kier molecular flexibility index (Phi) is 5.92. The Labute approximate surface area is 149 Å². The average Bonchev–Trinajstić information content (AvgIpc) is 2.94. The highest BCUT2D eigenvalue weighted by Crippen LogP contribution is 2.41. The zero-order chi connectivity index (χ0) is 17.8. The van der Waals surface area contributed by atoms with Crippen molar-refractivity contribution in [3.63, 3.8) is 0 Å². The van der Waals surface area contributed by atoms with Crippen LogP contribution in [0.15, 0.2) is 24.3 Å². The second-order valence-electron chi connectivity index (χ2n) is 7.77. The number of benzene rings is 1. The third kappa shape index (κ3) is 5.23. The molecule has 132 valence electrons. The van der Waals surface area contributed by atoms with Crippen molar-refractivity contribution in [3.05, 3.63) is 34.9 Å². The van der Waals surface area contributed by atoms with E-state index < -0.39 is 5.41 Å². The van der Waals surface area contributed by atoms with Crippen molar-refractivity contribution in [1.29, 1.82) is 0 Å². The summed E-state index contributed by atoms with van der Waals surface area (Å²) >= 11 is 5.88. The van der Waals surface area contributed by atoms with Crippen molar-refractivity contribution in [1.82, 2.24) is 10.6 Å². The summed E-state index contributed by atoms with van der Waals surface area (Å²) in [5.41, 5.74) is 0.151. The molecule has 0 aliphatic heterocycles. The second-order valence-corrected chi connectivity index (χ2v) is 8.21. The third-order valence-corrected chi connectivity index (χ3v) is 4.67. The van der Waals surface area contributed by atoms with Crippen LogP contribution in [0.3, 0.4) is 0 Å². The van der Waals surface area contributed by atoms with Gasteiger partial charge in [0.15, 0.2) is 0 Å². The first kappa shape index (κ1) is 18.8. The molecular formula is C19H27ClN2O2. The van der Waals surface area contributed by atoms with Gasteiger partial charge in [0.25, 0.3) is 0 Å². The molecule has 0 radical (unpaired) electrons. The monoisotopic (exact) mass is 350 g/mol. The summed E-state index contributed by atoms with van der Waals surface area (Å²) in [7, 11) is 0. The molecule has 1 aliphatic rings. The van der Waals surface area contributed by atoms with Gasteiger partial charge in [-0.3, -0.25) is 9.59 Å². The summed E-state index contributed by atoms with van der Waals surface area (Å²) in [6.07, 6.45) is 3.80. The Bertz CT molecular complexity index is 584. The van der Waals surface area contributed by atoms with Gasteiger partial charge in [-0.05, 0) is 51.3 Å². The molecule has 1 aromatic rings. The first-order valence-corrected chi connectivity index (χ1v) is 8.92. The lowest BCUT2D eigenvalue weighted by molar-refractivity contribution is -0.137. The van der Waals surface area contributed by atoms with Gasteiger partial charge in [-0.25, -0.2) is 0 Å². The minimum absolute atomic E-state index is 0.0148. The van der Waals surface area contributed by atoms with E-state index in [-0.39, 0.29) is 23.8 Å². The molecule has 0 spiro atoms. The van der Waals surface area contributed by atoms with Gasteiger partial charge in [0.05, 0.1) is 5.41 Å². The normalized spacial score (nSPS) is 16.7. The van der Waals surface area contributed by atoms with Crippen molar-refractivity contribution in [3.8, 4) is 0 Å². The summed E-state index contributed by atoms with van der Waals surface area (Å²) in [4.78, 5) is 25.1. The lowest BCUT2D eigenvalue weighted by Crippen LogP contribution is -2.46. The molecule has 2 amide bonds. The Morgan fingerprint density at radius 1 is 1.12 bits per heavy atom. The molecule has 5 heteroatoms. The van der Waals surface area contributed by atoms with E-state index >= 15 is 0 Å². The lowest BCUT2D eigenvalue weighted by Gasteiger charge is -2.29. The molecule has 0 atom stereocenters. The van der Waals surface area contributed by atoms with Crippen molar-refractivity contribution >= 4 is 23.4 Å². The number of carbonyl (C=O) groups excluding carboxylic acids is 2. The largest absolute Gasteiger partial charge is 0.352 e. The fourth-order valence-electron chi connectivity index (χ4n) is 3.28. The molecule has 0 aromatic heterocycles. The number of nitrogens with one attached hydrogen (secondary N) is 2. The summed E-state index contributed by atoms with van der Waals surface area (Å²) < 4.78 is 0. The van der Waals surface area contributed by atoms with Crippen LogP contribution in [0.2, 0.25) is 5.02 Å². The van der Waals surface area contributed by atoms with Crippen LogP contribution in [-0.4, -0.2) is 17.4 Å². The predicted molar refractivity (Wildman–Crippen MR) is 96.7 cm³/mol. The summed E-state index contributed by atoms with van der Waals surface area (Å²) in [6.45, 7) is 6.31. The Balaban J connectivity index is 1.99. The van der Waals surface area contributed by atoms with E-state index in [2.05, 4.69) is 10.6 Å². The molecule has 1 aromatic carbocycles. The Hall–Kier alpha value is -1.55. The molecule has 1 saturated carbocycles. The fraction of sp³-hybridized carbons (Fsp3) is 0.579. The topological polar surface area (TPSA) is 58.2 Å². The van der Waals surface area contributed by atoms with Crippen LogP contribution in [0.25, 0.3) is 0 Å². The van der Waals surface area contributed by atoms with Gasteiger partial charge in [-0.15, -0.1) is 0 Å². The van der Waals surface area contributed by atoms with Gasteiger partial charge in [-0.1, -0.05) is 36.6 Å². The van der Waals surface area contributed by atoms with E-state index in [0.717, 1.165) is 31.2 Å². The van der Waals surface area contributed by atoms with Crippen LogP contribution in [-0.2, 0) is 16.1 Å². The minimum atomic E-state index is -0.568. The van der Waals surface area contributed by atoms with E-state index in [1.165, 1.54) is 0 Å². The maximum atomic E-state index is 12.8. The number of halogens is 1. The number of hydrogen-bond acceptors (Lipinski definition) is 2. The van der Waals surface area contributed by atoms with E-state index in [4.69, 9.17) is 11.6 Å². The molecule has 0 bridgehead atoms. The van der Waals surface area contributed by atoms with Crippen molar-refractivity contribution in [2.45, 2.75) is 65.0 Å². The van der Waals surface area contributed by atoms with Crippen molar-refractivity contribution < 1.29 is 9.59 Å². The first-order chi connectivity index (χ1) is 11.2. The van der Waals surface area contributed by atoms with Gasteiger partial charge in [-0.2, -0.15) is 0 Å². The Morgan fingerprint density at radius 2 is 1.71 bits per heavy atom. The second kappa shape index (κ2) is 7.56. The molecule has 1 fully saturated rings. The molecule has 0 saturated heterocycles. The Morgan fingerprint density at radius 3 is 2.25 bits per heavy atom. The van der Waals surface area contributed by atoms with Crippen LogP contribution in [0.1, 0.15) is 58.4 Å². The fourth-order valence-corrected chi connectivity index (χ4v) is 3.40. The molecular weight excluding hydrogens is 324 g/mol. The van der Waals surface area contributed by atoms with Gasteiger partial charge in [0.2, 0.25) is 11.8 Å². The van der Waals surface area contributed by atoms with E-state index in [9.17, 15) is 9.59 Å². The molecule has 2 N–H and O–H groups in total. The van der Waals surface area contributed by atoms with Crippen LogP contribution in [0.4, 0.5) is 0 Å². The van der Waals surface area contributed by atoms with E-state index in [0.29, 0.717) is 11.6 Å². The highest BCUT2D eigenvalue weighted by atomic mass is 35.5. The van der Waals surface area contributed by atoms with E-state index in [1.807, 2.05) is 45.0 Å². The number of amides is 2. The lowest BCUT2D eigenvalue weighted by atomic mass is 9.81. The zero-order valence-corrected chi connectivity index (χ0v) is 15.5. The smallest absolute Gasteiger partial charge is 0.227 e. The third-order valence-electron chi connectivity index (χ3n) is 4.42. The van der Waals surface area contributed by atoms with Crippen molar-refractivity contribution in [2.24, 2.45) is 5.41 Å². The molecule has 4 nitrogen and oxygen atoms in total. The predicted octanol–water partition coefficient (Wildman–Crippen LogP) is 3.82. The first-order valence-electron chi connectivity index (χ1n) is 8.54. The number of carbonyl (C=O) groups is 2. The van der Waals surface area contributed by atoms with Crippen molar-refractivity contribution in [2.75, 3.05) is 0 Å². The number of rotatable bonds is 5. The van der Waals surface area contributed by atoms with Gasteiger partial charge >= 0.3 is 0 Å². The van der Waals surface area contributed by atoms with E-state index in [1.54, 1.807) is 0 Å². The molecule has 0 heterocycles. The van der Waals surface area contributed by atoms with Crippen LogP contribution < -0.4 is 10.6 Å². The molecule has 1 aliphatic carbocycles. The van der Waals surface area contributed by atoms with Gasteiger partial charge < -0.3 is 10.6 Å². The molecule has 2 rings (SSSR count). The van der Waals surface area contributed by atoms with Crippen LogP contribution in [0, 0.1) is 5.41 Å². The highest BCUT2D eigenvalue weighted by molar-refractivity contribution is 6.30. The summed E-state index contributed by atoms with van der Waals surface area (Å²) in [6, 6.07) is 7.42. The molecule has 24 heavy (non-hydrogen) atoms. The maximum Gasteiger partial charge on any atom is 0.227 e. The highest BCUT2D eigenvalue weighted by Gasteiger charge is 2.43. The SMILES string of the molecule is CC(C)(C)NC(=O)CC1(C(=O)NCc2ccc(Cl)cc2)CCCC1. The molecule has 0 unspecified atom stereocenters. The standard InChI is InChI=1S/C19H27ClN2O2/c1-18(2,3)22-16(23)12-19(10-4-5-11-19)17(24)21-13-14-6-8-15(20)9-7-14/h6-9H,4-5,10-13H2,1-3H3,(H,21,24)(H,22,23). The zero-order valence-electron chi connectivity index (χ0n) is 14.7. The van der Waals surface area contributed by atoms with Gasteiger partial charge in [0, 0.05) is 23.5 Å². The quantitative estimate of drug-likeness (QED) is 0.848. The number of hydrogen-bond donors (Lipinski definition) is 2.